The van der Waals surface area contributed by atoms with Crippen molar-refractivity contribution in [3.8, 4) is 6.07 Å². The molecule has 2 heteroatoms. The van der Waals surface area contributed by atoms with Gasteiger partial charge in [-0.1, -0.05) is 0 Å². The number of hydrogen-bond donors (Lipinski definition) is 0. The highest BCUT2D eigenvalue weighted by molar-refractivity contribution is 5.10. The molecule has 2 aliphatic rings. The Kier molecular flexibility index (Phi) is 0.671. The van der Waals surface area contributed by atoms with Crippen molar-refractivity contribution in [2.24, 2.45) is 17.8 Å². The predicted molar refractivity (Wildman–Crippen MR) is 26.9 cm³/mol. The zero-order valence-electron chi connectivity index (χ0n) is 4.50. The Labute approximate surface area is 48.1 Å². The monoisotopic (exact) mass is 109 g/mol. The molecule has 1 aliphatic carbocycles. The Morgan fingerprint density at radius 1 is 1.38 bits per heavy atom. The number of hydrogen-bond acceptors (Lipinski definition) is 2. The summed E-state index contributed by atoms with van der Waals surface area (Å²) in [5, 5.41) is 8.41. The second-order valence-electron chi connectivity index (χ2n) is 2.52. The lowest BCUT2D eigenvalue weighted by Crippen LogP contribution is -1.94. The quantitative estimate of drug-likeness (QED) is 0.451. The normalized spacial score (nSPS) is 50.1. The van der Waals surface area contributed by atoms with Gasteiger partial charge in [0.25, 0.3) is 0 Å². The highest BCUT2D eigenvalue weighted by atomic mass is 16.5. The van der Waals surface area contributed by atoms with Gasteiger partial charge in [0.1, 0.15) is 0 Å². The van der Waals surface area contributed by atoms with E-state index in [1.165, 1.54) is 0 Å². The van der Waals surface area contributed by atoms with Gasteiger partial charge in [0.2, 0.25) is 0 Å². The van der Waals surface area contributed by atoms with E-state index in [-0.39, 0.29) is 0 Å². The molecule has 0 aromatic rings. The molecule has 2 rings (SSSR count). The molecule has 0 aromatic carbocycles. The maximum atomic E-state index is 8.41. The summed E-state index contributed by atoms with van der Waals surface area (Å²) in [5.74, 6) is 1.57. The SMILES string of the molecule is N#CC1[C@@H]2COC[C@@H]12. The molecule has 2 nitrogen and oxygen atoms in total. The number of nitrogens with zero attached hydrogens (tertiary/aromatic N) is 1. The average Bonchev–Trinajstić information content (AvgIpc) is 2.22. The van der Waals surface area contributed by atoms with Crippen molar-refractivity contribution in [2.45, 2.75) is 0 Å². The number of ether oxygens (including phenoxy) is 1. The minimum absolute atomic E-state index is 0.351. The van der Waals surface area contributed by atoms with Crippen LogP contribution in [0.5, 0.6) is 0 Å². The van der Waals surface area contributed by atoms with E-state index in [1.807, 2.05) is 0 Å². The minimum atomic E-state index is 0.351. The molecule has 1 saturated heterocycles. The molecular weight excluding hydrogens is 102 g/mol. The van der Waals surface area contributed by atoms with Crippen molar-refractivity contribution in [3.63, 3.8) is 0 Å². The molecule has 42 valence electrons. The third kappa shape index (κ3) is 0.354. The largest absolute Gasteiger partial charge is 0.381 e. The molecule has 2 fully saturated rings. The van der Waals surface area contributed by atoms with Crippen LogP contribution in [-0.2, 0) is 4.74 Å². The summed E-state index contributed by atoms with van der Waals surface area (Å²) < 4.78 is 5.09. The van der Waals surface area contributed by atoms with Gasteiger partial charge >= 0.3 is 0 Å². The van der Waals surface area contributed by atoms with Gasteiger partial charge in [-0.25, -0.2) is 0 Å². The molecule has 1 aliphatic heterocycles. The molecule has 1 saturated carbocycles. The first-order valence-electron chi connectivity index (χ1n) is 2.91. The molecular formula is C6H7NO. The second-order valence-corrected chi connectivity index (χ2v) is 2.52. The zero-order chi connectivity index (χ0) is 5.56. The molecule has 8 heavy (non-hydrogen) atoms. The molecule has 0 bridgehead atoms. The Balaban J connectivity index is 2.06. The van der Waals surface area contributed by atoms with Crippen LogP contribution in [0.2, 0.25) is 0 Å². The van der Waals surface area contributed by atoms with Gasteiger partial charge < -0.3 is 4.74 Å². The van der Waals surface area contributed by atoms with Crippen LogP contribution in [0, 0.1) is 29.1 Å². The highest BCUT2D eigenvalue weighted by Crippen LogP contribution is 2.49. The van der Waals surface area contributed by atoms with E-state index in [2.05, 4.69) is 6.07 Å². The molecule has 0 radical (unpaired) electrons. The lowest BCUT2D eigenvalue weighted by molar-refractivity contribution is 0.158. The van der Waals surface area contributed by atoms with Gasteiger partial charge in [-0.3, -0.25) is 0 Å². The van der Waals surface area contributed by atoms with E-state index in [0.717, 1.165) is 13.2 Å². The second kappa shape index (κ2) is 1.24. The third-order valence-corrected chi connectivity index (χ3v) is 2.10. The van der Waals surface area contributed by atoms with Crippen LogP contribution in [0.15, 0.2) is 0 Å². The van der Waals surface area contributed by atoms with Crippen LogP contribution in [0.1, 0.15) is 0 Å². The van der Waals surface area contributed by atoms with Crippen molar-refractivity contribution < 1.29 is 4.74 Å². The molecule has 0 amide bonds. The van der Waals surface area contributed by atoms with Crippen molar-refractivity contribution in [1.82, 2.24) is 0 Å². The maximum Gasteiger partial charge on any atom is 0.0663 e. The van der Waals surface area contributed by atoms with E-state index in [0.29, 0.717) is 17.8 Å². The molecule has 0 N–H and O–H groups in total. The first-order valence-corrected chi connectivity index (χ1v) is 2.91. The lowest BCUT2D eigenvalue weighted by atomic mass is 10.3. The zero-order valence-corrected chi connectivity index (χ0v) is 4.50. The molecule has 2 atom stereocenters. The Morgan fingerprint density at radius 3 is 2.38 bits per heavy atom. The Morgan fingerprint density at radius 2 is 2.00 bits per heavy atom. The van der Waals surface area contributed by atoms with E-state index in [4.69, 9.17) is 10.00 Å². The van der Waals surface area contributed by atoms with Gasteiger partial charge in [0.05, 0.1) is 25.2 Å². The topological polar surface area (TPSA) is 33.0 Å². The fraction of sp³-hybridized carbons (Fsp3) is 0.833. The Bertz CT molecular complexity index is 139. The average molecular weight is 109 g/mol. The summed E-state index contributed by atoms with van der Waals surface area (Å²) in [4.78, 5) is 0. The third-order valence-electron chi connectivity index (χ3n) is 2.10. The van der Waals surface area contributed by atoms with Crippen LogP contribution in [0.3, 0.4) is 0 Å². The van der Waals surface area contributed by atoms with E-state index in [1.54, 1.807) is 0 Å². The standard InChI is InChI=1S/C6H7NO/c7-1-4-5-2-8-3-6(4)5/h4-6H,2-3H2/t5-,6-/m0/s1. The molecule has 1 heterocycles. The first kappa shape index (κ1) is 4.34. The number of fused-ring (bicyclic) bond motifs is 1. The van der Waals surface area contributed by atoms with Gasteiger partial charge in [0, 0.05) is 11.8 Å². The van der Waals surface area contributed by atoms with Gasteiger partial charge in [-0.05, 0) is 0 Å². The van der Waals surface area contributed by atoms with Gasteiger partial charge in [0.15, 0.2) is 0 Å². The Hall–Kier alpha value is -0.550. The summed E-state index contributed by atoms with van der Waals surface area (Å²) >= 11 is 0. The summed E-state index contributed by atoms with van der Waals surface area (Å²) in [7, 11) is 0. The summed E-state index contributed by atoms with van der Waals surface area (Å²) in [6, 6.07) is 2.26. The number of nitriles is 1. The van der Waals surface area contributed by atoms with E-state index >= 15 is 0 Å². The van der Waals surface area contributed by atoms with E-state index < -0.39 is 0 Å². The summed E-state index contributed by atoms with van der Waals surface area (Å²) in [5.41, 5.74) is 0. The fourth-order valence-electron chi connectivity index (χ4n) is 1.43. The van der Waals surface area contributed by atoms with Gasteiger partial charge in [-0.2, -0.15) is 5.26 Å². The predicted octanol–water partition coefficient (Wildman–Crippen LogP) is 0.402. The minimum Gasteiger partial charge on any atom is -0.381 e. The molecule has 0 unspecified atom stereocenters. The van der Waals surface area contributed by atoms with Crippen LogP contribution >= 0.6 is 0 Å². The summed E-state index contributed by atoms with van der Waals surface area (Å²) in [6.45, 7) is 1.67. The van der Waals surface area contributed by atoms with Crippen LogP contribution in [0.25, 0.3) is 0 Å². The van der Waals surface area contributed by atoms with Crippen LogP contribution in [-0.4, -0.2) is 13.2 Å². The van der Waals surface area contributed by atoms with Gasteiger partial charge in [-0.15, -0.1) is 0 Å². The van der Waals surface area contributed by atoms with E-state index in [9.17, 15) is 0 Å². The van der Waals surface area contributed by atoms with Crippen molar-refractivity contribution in [3.05, 3.63) is 0 Å². The first-order chi connectivity index (χ1) is 3.93. The maximum absolute atomic E-state index is 8.41. The van der Waals surface area contributed by atoms with Crippen molar-refractivity contribution in [1.29, 1.82) is 5.26 Å². The van der Waals surface area contributed by atoms with Crippen molar-refractivity contribution in [2.75, 3.05) is 13.2 Å². The van der Waals surface area contributed by atoms with Crippen LogP contribution < -0.4 is 0 Å². The van der Waals surface area contributed by atoms with Crippen LogP contribution in [0.4, 0.5) is 0 Å². The lowest BCUT2D eigenvalue weighted by Gasteiger charge is -1.92. The molecule has 0 aromatic heterocycles. The summed E-state index contributed by atoms with van der Waals surface area (Å²) in [6.07, 6.45) is 0. The smallest absolute Gasteiger partial charge is 0.0663 e. The fourth-order valence-corrected chi connectivity index (χ4v) is 1.43. The van der Waals surface area contributed by atoms with Crippen molar-refractivity contribution >= 4 is 0 Å². The molecule has 0 spiro atoms. The number of rotatable bonds is 0. The highest BCUT2D eigenvalue weighted by Gasteiger charge is 2.54.